The third-order valence-corrected chi connectivity index (χ3v) is 6.14. The summed E-state index contributed by atoms with van der Waals surface area (Å²) in [6, 6.07) is 8.55. The largest absolute Gasteiger partial charge is 0.462 e. The highest BCUT2D eigenvalue weighted by Gasteiger charge is 2.31. The molecule has 4 rings (SSSR count). The Kier molecular flexibility index (Phi) is 4.78. The summed E-state index contributed by atoms with van der Waals surface area (Å²) >= 11 is 7.56. The van der Waals surface area contributed by atoms with Crippen molar-refractivity contribution >= 4 is 50.6 Å². The van der Waals surface area contributed by atoms with Crippen LogP contribution in [0.1, 0.15) is 41.1 Å². The van der Waals surface area contributed by atoms with Crippen LogP contribution >= 0.6 is 22.9 Å². The van der Waals surface area contributed by atoms with Crippen LogP contribution in [-0.4, -0.2) is 28.6 Å². The molecule has 1 aliphatic rings. The van der Waals surface area contributed by atoms with Crippen molar-refractivity contribution < 1.29 is 9.53 Å². The average Bonchev–Trinajstić information content (AvgIpc) is 3.15. The maximum absolute atomic E-state index is 12.5. The third kappa shape index (κ3) is 3.07. The number of aryl methyl sites for hydroxylation is 1. The minimum atomic E-state index is -0.311. The highest BCUT2D eigenvalue weighted by molar-refractivity contribution is 7.20. The standard InChI is InChI=1S/C20H20ClN3O2S/c1-4-9-26-19(25)16-12(3)15-17(22-20(21)23-18(15)27-16)24-11(2)10-13-7-5-6-8-14(13)24/h5-8,11H,4,9-10H2,1-3H3. The molecule has 1 aliphatic heterocycles. The van der Waals surface area contributed by atoms with Crippen LogP contribution in [0, 0.1) is 6.92 Å². The zero-order valence-electron chi connectivity index (χ0n) is 15.5. The first-order valence-corrected chi connectivity index (χ1v) is 10.2. The van der Waals surface area contributed by atoms with E-state index < -0.39 is 0 Å². The van der Waals surface area contributed by atoms with Crippen molar-refractivity contribution in [2.24, 2.45) is 0 Å². The van der Waals surface area contributed by atoms with E-state index in [-0.39, 0.29) is 17.3 Å². The Bertz CT molecular complexity index is 1030. The maximum Gasteiger partial charge on any atom is 0.348 e. The van der Waals surface area contributed by atoms with Gasteiger partial charge in [0, 0.05) is 11.7 Å². The predicted octanol–water partition coefficient (Wildman–Crippen LogP) is 5.30. The number of esters is 1. The van der Waals surface area contributed by atoms with Gasteiger partial charge in [0.2, 0.25) is 5.28 Å². The predicted molar refractivity (Wildman–Crippen MR) is 109 cm³/mol. The number of carbonyl (C=O) groups excluding carboxylic acids is 1. The molecule has 0 amide bonds. The van der Waals surface area contributed by atoms with Gasteiger partial charge in [0.25, 0.3) is 0 Å². The number of nitrogens with zero attached hydrogens (tertiary/aromatic N) is 3. The molecule has 0 aliphatic carbocycles. The number of anilines is 2. The van der Waals surface area contributed by atoms with Crippen molar-refractivity contribution in [2.75, 3.05) is 11.5 Å². The molecule has 27 heavy (non-hydrogen) atoms. The topological polar surface area (TPSA) is 55.3 Å². The van der Waals surface area contributed by atoms with E-state index in [2.05, 4.69) is 40.0 Å². The van der Waals surface area contributed by atoms with Crippen LogP contribution in [0.5, 0.6) is 0 Å². The molecule has 0 spiro atoms. The van der Waals surface area contributed by atoms with E-state index in [1.54, 1.807) is 0 Å². The van der Waals surface area contributed by atoms with Crippen LogP contribution in [-0.2, 0) is 11.2 Å². The summed E-state index contributed by atoms with van der Waals surface area (Å²) < 4.78 is 5.34. The molecule has 0 fully saturated rings. The summed E-state index contributed by atoms with van der Waals surface area (Å²) in [7, 11) is 0. The van der Waals surface area contributed by atoms with Gasteiger partial charge in [-0.25, -0.2) is 9.78 Å². The quantitative estimate of drug-likeness (QED) is 0.438. The normalized spacial score (nSPS) is 16.0. The van der Waals surface area contributed by atoms with Gasteiger partial charge >= 0.3 is 5.97 Å². The number of hydrogen-bond acceptors (Lipinski definition) is 6. The highest BCUT2D eigenvalue weighted by Crippen LogP contribution is 2.43. The lowest BCUT2D eigenvalue weighted by atomic mass is 10.1. The van der Waals surface area contributed by atoms with Crippen molar-refractivity contribution in [3.8, 4) is 0 Å². The van der Waals surface area contributed by atoms with Crippen LogP contribution < -0.4 is 4.90 Å². The minimum absolute atomic E-state index is 0.184. The number of ether oxygens (including phenoxy) is 1. The number of halogens is 1. The first-order chi connectivity index (χ1) is 13.0. The summed E-state index contributed by atoms with van der Waals surface area (Å²) in [6.45, 7) is 6.47. The number of rotatable bonds is 4. The van der Waals surface area contributed by atoms with Crippen LogP contribution in [0.2, 0.25) is 5.28 Å². The number of thiophene rings is 1. The van der Waals surface area contributed by atoms with E-state index in [1.165, 1.54) is 16.9 Å². The Balaban J connectivity index is 1.89. The van der Waals surface area contributed by atoms with Crippen molar-refractivity contribution in [2.45, 2.75) is 39.7 Å². The van der Waals surface area contributed by atoms with Gasteiger partial charge in [0.1, 0.15) is 15.5 Å². The van der Waals surface area contributed by atoms with E-state index in [0.717, 1.165) is 35.3 Å². The van der Waals surface area contributed by atoms with E-state index in [1.807, 2.05) is 19.9 Å². The number of carbonyl (C=O) groups is 1. The van der Waals surface area contributed by atoms with Gasteiger partial charge in [-0.2, -0.15) is 4.98 Å². The molecule has 0 saturated heterocycles. The van der Waals surface area contributed by atoms with Crippen molar-refractivity contribution in [3.05, 3.63) is 45.6 Å². The van der Waals surface area contributed by atoms with Gasteiger partial charge in [-0.3, -0.25) is 0 Å². The number of aromatic nitrogens is 2. The van der Waals surface area contributed by atoms with E-state index in [4.69, 9.17) is 16.3 Å². The van der Waals surface area contributed by atoms with Crippen LogP contribution in [0.3, 0.4) is 0 Å². The second kappa shape index (κ2) is 7.09. The van der Waals surface area contributed by atoms with Crippen LogP contribution in [0.25, 0.3) is 10.2 Å². The summed E-state index contributed by atoms with van der Waals surface area (Å²) in [5.41, 5.74) is 3.25. The lowest BCUT2D eigenvalue weighted by molar-refractivity contribution is 0.0510. The van der Waals surface area contributed by atoms with Gasteiger partial charge in [0.15, 0.2) is 0 Å². The molecule has 5 nitrogen and oxygen atoms in total. The lowest BCUT2D eigenvalue weighted by Gasteiger charge is -2.24. The van der Waals surface area contributed by atoms with Gasteiger partial charge < -0.3 is 9.64 Å². The first kappa shape index (κ1) is 18.2. The fourth-order valence-electron chi connectivity index (χ4n) is 3.61. The van der Waals surface area contributed by atoms with E-state index in [0.29, 0.717) is 16.3 Å². The zero-order chi connectivity index (χ0) is 19.1. The molecule has 2 aromatic heterocycles. The average molecular weight is 402 g/mol. The molecule has 1 atom stereocenters. The van der Waals surface area contributed by atoms with Crippen molar-refractivity contribution in [1.82, 2.24) is 9.97 Å². The van der Waals surface area contributed by atoms with Crippen molar-refractivity contribution in [1.29, 1.82) is 0 Å². The molecule has 3 aromatic rings. The Morgan fingerprint density at radius 1 is 1.37 bits per heavy atom. The molecule has 0 radical (unpaired) electrons. The summed E-state index contributed by atoms with van der Waals surface area (Å²) in [5, 5.41) is 1.06. The third-order valence-electron chi connectivity index (χ3n) is 4.80. The SMILES string of the molecule is CCCOC(=O)c1sc2nc(Cl)nc(N3c4ccccc4CC3C)c2c1C. The van der Waals surface area contributed by atoms with E-state index >= 15 is 0 Å². The number of benzene rings is 1. The minimum Gasteiger partial charge on any atom is -0.462 e. The lowest BCUT2D eigenvalue weighted by Crippen LogP contribution is -2.25. The van der Waals surface area contributed by atoms with Gasteiger partial charge in [0.05, 0.1) is 12.0 Å². The number of fused-ring (bicyclic) bond motifs is 2. The van der Waals surface area contributed by atoms with Gasteiger partial charge in [-0.1, -0.05) is 25.1 Å². The highest BCUT2D eigenvalue weighted by atomic mass is 35.5. The Morgan fingerprint density at radius 2 is 2.15 bits per heavy atom. The molecule has 3 heterocycles. The second-order valence-corrected chi connectivity index (χ2v) is 8.08. The second-order valence-electron chi connectivity index (χ2n) is 6.74. The van der Waals surface area contributed by atoms with Crippen LogP contribution in [0.15, 0.2) is 24.3 Å². The summed E-state index contributed by atoms with van der Waals surface area (Å²) in [4.78, 5) is 24.9. The van der Waals surface area contributed by atoms with Gasteiger partial charge in [-0.15, -0.1) is 11.3 Å². The molecule has 0 N–H and O–H groups in total. The number of para-hydroxylation sites is 1. The fraction of sp³-hybridized carbons (Fsp3) is 0.350. The van der Waals surface area contributed by atoms with Crippen LogP contribution in [0.4, 0.5) is 11.5 Å². The molecule has 140 valence electrons. The molecular weight excluding hydrogens is 382 g/mol. The van der Waals surface area contributed by atoms with Gasteiger partial charge in [-0.05, 0) is 55.5 Å². The van der Waals surface area contributed by atoms with E-state index in [9.17, 15) is 4.79 Å². The molecule has 0 bridgehead atoms. The Morgan fingerprint density at radius 3 is 2.93 bits per heavy atom. The molecular formula is C20H20ClN3O2S. The zero-order valence-corrected chi connectivity index (χ0v) is 17.0. The number of hydrogen-bond donors (Lipinski definition) is 0. The van der Waals surface area contributed by atoms with Crippen molar-refractivity contribution in [3.63, 3.8) is 0 Å². The Labute approximate surface area is 167 Å². The smallest absolute Gasteiger partial charge is 0.348 e. The molecule has 1 aromatic carbocycles. The summed E-state index contributed by atoms with van der Waals surface area (Å²) in [5.74, 6) is 0.444. The first-order valence-electron chi connectivity index (χ1n) is 9.02. The maximum atomic E-state index is 12.5. The fourth-order valence-corrected chi connectivity index (χ4v) is 4.89. The molecule has 0 saturated carbocycles. The Hall–Kier alpha value is -2.18. The molecule has 1 unspecified atom stereocenters. The molecule has 7 heteroatoms. The monoisotopic (exact) mass is 401 g/mol. The summed E-state index contributed by atoms with van der Waals surface area (Å²) in [6.07, 6.45) is 1.72.